The molecular formula is C35H56N2O3Si. The number of rotatable bonds is 13. The number of hydrogen-bond donors (Lipinski definition) is 2. The minimum absolute atomic E-state index is 0.0577. The molecule has 1 fully saturated rings. The Morgan fingerprint density at radius 3 is 1.73 bits per heavy atom. The number of benzene rings is 2. The van der Waals surface area contributed by atoms with Crippen molar-refractivity contribution in [2.45, 2.75) is 129 Å². The minimum atomic E-state index is -2.08. The van der Waals surface area contributed by atoms with Crippen LogP contribution in [0.1, 0.15) is 103 Å². The molecule has 2 N–H and O–H groups in total. The highest BCUT2D eigenvalue weighted by Crippen LogP contribution is 2.44. The molecular weight excluding hydrogens is 524 g/mol. The van der Waals surface area contributed by atoms with Gasteiger partial charge in [-0.2, -0.15) is 0 Å². The molecule has 1 amide bonds. The highest BCUT2D eigenvalue weighted by atomic mass is 28.4. The molecule has 0 bridgehead atoms. The first-order valence-electron chi connectivity index (χ1n) is 15.8. The van der Waals surface area contributed by atoms with Crippen molar-refractivity contribution in [2.75, 3.05) is 13.1 Å². The molecule has 3 rings (SSSR count). The summed E-state index contributed by atoms with van der Waals surface area (Å²) >= 11 is 0. The van der Waals surface area contributed by atoms with Crippen molar-refractivity contribution in [3.8, 4) is 0 Å². The van der Waals surface area contributed by atoms with Crippen LogP contribution in [0.25, 0.3) is 0 Å². The van der Waals surface area contributed by atoms with E-state index in [2.05, 4.69) is 127 Å². The zero-order chi connectivity index (χ0) is 30.5. The average molecular weight is 581 g/mol. The van der Waals surface area contributed by atoms with Crippen LogP contribution in [0, 0.1) is 0 Å². The zero-order valence-electron chi connectivity index (χ0n) is 27.4. The molecule has 1 saturated heterocycles. The van der Waals surface area contributed by atoms with Crippen molar-refractivity contribution in [3.05, 3.63) is 70.8 Å². The van der Waals surface area contributed by atoms with Crippen molar-refractivity contribution in [1.82, 2.24) is 10.6 Å². The van der Waals surface area contributed by atoms with E-state index in [4.69, 9.17) is 9.16 Å². The molecule has 0 aliphatic carbocycles. The summed E-state index contributed by atoms with van der Waals surface area (Å²) < 4.78 is 13.2. The highest BCUT2D eigenvalue weighted by molar-refractivity contribution is 6.69. The van der Waals surface area contributed by atoms with E-state index in [-0.39, 0.29) is 29.1 Å². The fraction of sp³-hybridized carbons (Fsp3) is 0.629. The maximum absolute atomic E-state index is 12.5. The Morgan fingerprint density at radius 2 is 1.32 bits per heavy atom. The first-order valence-corrected chi connectivity index (χ1v) is 19.2. The van der Waals surface area contributed by atoms with Gasteiger partial charge in [-0.25, -0.2) is 4.79 Å². The lowest BCUT2D eigenvalue weighted by atomic mass is 9.75. The monoisotopic (exact) mass is 580 g/mol. The Morgan fingerprint density at radius 1 is 0.854 bits per heavy atom. The van der Waals surface area contributed by atoms with Crippen LogP contribution in [0.15, 0.2) is 48.5 Å². The van der Waals surface area contributed by atoms with Crippen molar-refractivity contribution in [1.29, 1.82) is 0 Å². The second-order valence-electron chi connectivity index (χ2n) is 14.1. The summed E-state index contributed by atoms with van der Waals surface area (Å²) in [6, 6.07) is 18.1. The van der Waals surface area contributed by atoms with Crippen molar-refractivity contribution in [3.63, 3.8) is 0 Å². The Kier molecular flexibility index (Phi) is 10.9. The van der Waals surface area contributed by atoms with Crippen LogP contribution in [0.3, 0.4) is 0 Å². The summed E-state index contributed by atoms with van der Waals surface area (Å²) in [6.07, 6.45) is 4.25. The number of nitrogens with one attached hydrogen (secondary N) is 2. The van der Waals surface area contributed by atoms with E-state index in [0.717, 1.165) is 36.8 Å². The Labute approximate surface area is 251 Å². The summed E-state index contributed by atoms with van der Waals surface area (Å²) in [5, 5.41) is 6.65. The van der Waals surface area contributed by atoms with Gasteiger partial charge in [-0.05, 0) is 72.0 Å². The van der Waals surface area contributed by atoms with E-state index in [0.29, 0.717) is 19.5 Å². The summed E-state index contributed by atoms with van der Waals surface area (Å²) in [7, 11) is -2.08. The fourth-order valence-electron chi connectivity index (χ4n) is 5.65. The van der Waals surface area contributed by atoms with Crippen LogP contribution in [0.4, 0.5) is 4.79 Å². The summed E-state index contributed by atoms with van der Waals surface area (Å²) in [5.41, 5.74) is 4.43. The van der Waals surface area contributed by atoms with Gasteiger partial charge in [-0.3, -0.25) is 0 Å². The fourth-order valence-corrected chi connectivity index (χ4v) is 6.99. The third kappa shape index (κ3) is 8.03. The average Bonchev–Trinajstić information content (AvgIpc) is 3.40. The van der Waals surface area contributed by atoms with E-state index in [1.54, 1.807) is 0 Å². The van der Waals surface area contributed by atoms with Gasteiger partial charge in [0.25, 0.3) is 0 Å². The summed E-state index contributed by atoms with van der Waals surface area (Å²) in [6.45, 7) is 23.8. The molecule has 2 aromatic carbocycles. The van der Waals surface area contributed by atoms with Gasteiger partial charge in [0, 0.05) is 25.6 Å². The van der Waals surface area contributed by atoms with Crippen LogP contribution in [0.5, 0.6) is 0 Å². The molecule has 2 aromatic rings. The number of unbranched alkanes of at least 4 members (excludes halogenated alkanes) is 1. The lowest BCUT2D eigenvalue weighted by Crippen LogP contribution is -2.53. The third-order valence-electron chi connectivity index (χ3n) is 9.08. The molecule has 6 heteroatoms. The molecule has 0 spiro atoms. The highest BCUT2D eigenvalue weighted by Gasteiger charge is 2.49. The molecule has 1 unspecified atom stereocenters. The van der Waals surface area contributed by atoms with E-state index >= 15 is 0 Å². The number of ether oxygens (including phenoxy) is 1. The standard InChI is InChI=1S/C35H56N2O3Si/c1-11-14-23-36-32(38)39-30-24-31(37-25-30)35(40-41(8,9)10,28-19-15-26(16-20-28)33(4,5)12-2)29-21-17-27(18-22-29)34(6,7)13-3/h15-22,30-31,37H,11-14,23-25H2,1-10H3,(H,36,38)/t30-,31?/m1/s1. The van der Waals surface area contributed by atoms with Gasteiger partial charge < -0.3 is 19.8 Å². The second-order valence-corrected chi connectivity index (χ2v) is 18.5. The van der Waals surface area contributed by atoms with Gasteiger partial charge in [-0.15, -0.1) is 0 Å². The Hall–Kier alpha value is -2.15. The zero-order valence-corrected chi connectivity index (χ0v) is 28.4. The van der Waals surface area contributed by atoms with Gasteiger partial charge in [0.1, 0.15) is 11.7 Å². The molecule has 1 aliphatic rings. The quantitative estimate of drug-likeness (QED) is 0.184. The Bertz CT molecular complexity index is 1060. The molecule has 2 atom stereocenters. The van der Waals surface area contributed by atoms with Gasteiger partial charge in [0.2, 0.25) is 0 Å². The lowest BCUT2D eigenvalue weighted by molar-refractivity contribution is 0.0544. The SMILES string of the molecule is CCCCNC(=O)O[C@H]1CNC(C(O[Si](C)(C)C)(c2ccc(C(C)(C)CC)cc2)c2ccc(C(C)(C)CC)cc2)C1. The largest absolute Gasteiger partial charge is 0.445 e. The summed E-state index contributed by atoms with van der Waals surface area (Å²) in [5.74, 6) is 0. The van der Waals surface area contributed by atoms with Crippen LogP contribution < -0.4 is 10.6 Å². The maximum Gasteiger partial charge on any atom is 0.407 e. The van der Waals surface area contributed by atoms with Crippen LogP contribution in [-0.4, -0.2) is 39.6 Å². The molecule has 228 valence electrons. The van der Waals surface area contributed by atoms with E-state index in [1.807, 2.05) is 0 Å². The van der Waals surface area contributed by atoms with Crippen LogP contribution in [0.2, 0.25) is 19.6 Å². The molecule has 0 aromatic heterocycles. The third-order valence-corrected chi connectivity index (χ3v) is 10.0. The minimum Gasteiger partial charge on any atom is -0.445 e. The maximum atomic E-state index is 12.5. The van der Waals surface area contributed by atoms with E-state index < -0.39 is 13.9 Å². The first-order chi connectivity index (χ1) is 19.2. The van der Waals surface area contributed by atoms with E-state index in [1.165, 1.54) is 11.1 Å². The molecule has 5 nitrogen and oxygen atoms in total. The topological polar surface area (TPSA) is 59.6 Å². The van der Waals surface area contributed by atoms with Crippen LogP contribution in [-0.2, 0) is 25.6 Å². The van der Waals surface area contributed by atoms with Crippen molar-refractivity contribution in [2.24, 2.45) is 0 Å². The lowest BCUT2D eigenvalue weighted by Gasteiger charge is -2.45. The molecule has 1 heterocycles. The molecule has 0 radical (unpaired) electrons. The predicted molar refractivity (Wildman–Crippen MR) is 174 cm³/mol. The number of alkyl carbamates (subject to hydrolysis) is 1. The predicted octanol–water partition coefficient (Wildman–Crippen LogP) is 8.41. The van der Waals surface area contributed by atoms with Gasteiger partial charge in [-0.1, -0.05) is 103 Å². The first kappa shape index (κ1) is 33.4. The van der Waals surface area contributed by atoms with Crippen LogP contribution >= 0.6 is 0 Å². The number of hydrogen-bond acceptors (Lipinski definition) is 4. The molecule has 1 aliphatic heterocycles. The van der Waals surface area contributed by atoms with Crippen molar-refractivity contribution < 1.29 is 14.0 Å². The molecule has 0 saturated carbocycles. The number of carbonyl (C=O) groups is 1. The number of carbonyl (C=O) groups excluding carboxylic acids is 1. The molecule has 41 heavy (non-hydrogen) atoms. The Balaban J connectivity index is 2.10. The van der Waals surface area contributed by atoms with Gasteiger partial charge in [0.15, 0.2) is 8.32 Å². The normalized spacial score (nSPS) is 18.4. The van der Waals surface area contributed by atoms with Gasteiger partial charge in [0.05, 0.1) is 0 Å². The number of amides is 1. The smallest absolute Gasteiger partial charge is 0.407 e. The van der Waals surface area contributed by atoms with E-state index in [9.17, 15) is 4.79 Å². The van der Waals surface area contributed by atoms with Gasteiger partial charge >= 0.3 is 6.09 Å². The second kappa shape index (κ2) is 13.4. The summed E-state index contributed by atoms with van der Waals surface area (Å²) in [4.78, 5) is 12.5. The van der Waals surface area contributed by atoms with Crippen molar-refractivity contribution >= 4 is 14.4 Å².